The lowest BCUT2D eigenvalue weighted by Gasteiger charge is -2.43. The monoisotopic (exact) mass is 412 g/mol. The Morgan fingerprint density at radius 2 is 1.42 bits per heavy atom. The van der Waals surface area contributed by atoms with Crippen LogP contribution in [0.2, 0.25) is 0 Å². The zero-order valence-corrected chi connectivity index (χ0v) is 17.9. The number of benzene rings is 3. The van der Waals surface area contributed by atoms with Crippen molar-refractivity contribution in [2.75, 3.05) is 29.9 Å². The van der Waals surface area contributed by atoms with Gasteiger partial charge in [-0.1, -0.05) is 60.7 Å². The van der Waals surface area contributed by atoms with E-state index in [1.54, 1.807) is 0 Å². The van der Waals surface area contributed by atoms with E-state index in [9.17, 15) is 4.79 Å². The molecule has 2 aliphatic rings. The minimum atomic E-state index is -0.398. The van der Waals surface area contributed by atoms with Crippen LogP contribution >= 0.6 is 0 Å². The molecule has 2 heterocycles. The molecule has 5 rings (SSSR count). The van der Waals surface area contributed by atoms with E-state index < -0.39 is 6.09 Å². The zero-order valence-electron chi connectivity index (χ0n) is 17.9. The van der Waals surface area contributed by atoms with Gasteiger partial charge in [0, 0.05) is 36.3 Å². The van der Waals surface area contributed by atoms with Crippen LogP contribution in [-0.2, 0) is 4.74 Å². The summed E-state index contributed by atoms with van der Waals surface area (Å²) in [6, 6.07) is 25.8. The van der Waals surface area contributed by atoms with Crippen molar-refractivity contribution in [1.82, 2.24) is 0 Å². The van der Waals surface area contributed by atoms with Gasteiger partial charge in [0.05, 0.1) is 6.61 Å². The average molecular weight is 413 g/mol. The van der Waals surface area contributed by atoms with E-state index in [0.29, 0.717) is 18.4 Å². The molecule has 2 aliphatic heterocycles. The molecule has 1 N–H and O–H groups in total. The maximum absolute atomic E-state index is 12.2. The van der Waals surface area contributed by atoms with E-state index in [4.69, 9.17) is 4.74 Å². The van der Waals surface area contributed by atoms with Gasteiger partial charge in [0.25, 0.3) is 0 Å². The van der Waals surface area contributed by atoms with Gasteiger partial charge in [0.15, 0.2) is 0 Å². The molecule has 0 saturated carbocycles. The summed E-state index contributed by atoms with van der Waals surface area (Å²) in [6.07, 6.45) is 1.76. The summed E-state index contributed by atoms with van der Waals surface area (Å²) in [4.78, 5) is 14.8. The molecule has 0 radical (unpaired) electrons. The zero-order chi connectivity index (χ0) is 21.2. The molecule has 4 heteroatoms. The molecule has 3 aromatic rings. The number of nitrogens with zero attached hydrogens (tertiary/aromatic N) is 1. The second kappa shape index (κ2) is 8.46. The van der Waals surface area contributed by atoms with Gasteiger partial charge < -0.3 is 9.64 Å². The van der Waals surface area contributed by atoms with Crippen LogP contribution in [-0.4, -0.2) is 25.8 Å². The summed E-state index contributed by atoms with van der Waals surface area (Å²) in [7, 11) is 0. The van der Waals surface area contributed by atoms with Gasteiger partial charge in [-0.25, -0.2) is 4.79 Å². The Morgan fingerprint density at radius 1 is 0.903 bits per heavy atom. The molecule has 0 aliphatic carbocycles. The molecule has 4 nitrogen and oxygen atoms in total. The van der Waals surface area contributed by atoms with E-state index in [-0.39, 0.29) is 0 Å². The van der Waals surface area contributed by atoms with Gasteiger partial charge in [-0.3, -0.25) is 5.32 Å². The molecule has 3 aromatic carbocycles. The number of amides is 1. The maximum Gasteiger partial charge on any atom is 0.411 e. The molecular formula is C27H28N2O2. The van der Waals surface area contributed by atoms with Crippen molar-refractivity contribution < 1.29 is 9.53 Å². The summed E-state index contributed by atoms with van der Waals surface area (Å²) in [5.41, 5.74) is 7.45. The summed E-state index contributed by atoms with van der Waals surface area (Å²) >= 11 is 0. The normalized spacial score (nSPS) is 19.5. The Balaban J connectivity index is 1.65. The highest BCUT2D eigenvalue weighted by Crippen LogP contribution is 2.49. The fourth-order valence-electron chi connectivity index (χ4n) is 5.21. The lowest BCUT2D eigenvalue weighted by atomic mass is 9.76. The quantitative estimate of drug-likeness (QED) is 0.560. The minimum absolute atomic E-state index is 0.324. The molecule has 0 saturated heterocycles. The second-order valence-electron chi connectivity index (χ2n) is 8.34. The van der Waals surface area contributed by atoms with E-state index in [1.807, 2.05) is 6.92 Å². The molecule has 1 amide bonds. The summed E-state index contributed by atoms with van der Waals surface area (Å²) < 4.78 is 5.16. The Kier molecular flexibility index (Phi) is 5.37. The van der Waals surface area contributed by atoms with Crippen LogP contribution in [0.1, 0.15) is 53.9 Å². The molecule has 0 bridgehead atoms. The molecule has 0 unspecified atom stereocenters. The van der Waals surface area contributed by atoms with Crippen LogP contribution in [0.5, 0.6) is 0 Å². The Morgan fingerprint density at radius 3 is 1.90 bits per heavy atom. The predicted molar refractivity (Wildman–Crippen MR) is 125 cm³/mol. The summed E-state index contributed by atoms with van der Waals surface area (Å²) in [5, 5.41) is 2.97. The molecular weight excluding hydrogens is 384 g/mol. The Labute approximate surface area is 183 Å². The lowest BCUT2D eigenvalue weighted by molar-refractivity contribution is 0.168. The predicted octanol–water partition coefficient (Wildman–Crippen LogP) is 6.13. The van der Waals surface area contributed by atoms with Gasteiger partial charge >= 0.3 is 6.09 Å². The molecule has 0 aromatic heterocycles. The fraction of sp³-hybridized carbons (Fsp3) is 0.296. The number of carbonyl (C=O) groups excluding carboxylic acids is 1. The van der Waals surface area contributed by atoms with Gasteiger partial charge in [-0.15, -0.1) is 0 Å². The first-order valence-corrected chi connectivity index (χ1v) is 11.2. The number of nitrogens with one attached hydrogen (secondary N) is 1. The van der Waals surface area contributed by atoms with Crippen LogP contribution in [0.3, 0.4) is 0 Å². The van der Waals surface area contributed by atoms with Crippen molar-refractivity contribution in [2.45, 2.75) is 31.6 Å². The SMILES string of the molecule is CCOC(=O)Nc1cc2c3c(c1)[C@H](c1ccccc1)CCN3CC[C@H]2c1ccccc1. The van der Waals surface area contributed by atoms with Crippen molar-refractivity contribution >= 4 is 17.5 Å². The van der Waals surface area contributed by atoms with Crippen LogP contribution in [0, 0.1) is 0 Å². The average Bonchev–Trinajstić information content (AvgIpc) is 2.81. The third-order valence-electron chi connectivity index (χ3n) is 6.54. The lowest BCUT2D eigenvalue weighted by Crippen LogP contribution is -2.37. The van der Waals surface area contributed by atoms with Crippen LogP contribution < -0.4 is 10.2 Å². The third kappa shape index (κ3) is 3.78. The van der Waals surface area contributed by atoms with Crippen LogP contribution in [0.15, 0.2) is 72.8 Å². The fourth-order valence-corrected chi connectivity index (χ4v) is 5.21. The molecule has 31 heavy (non-hydrogen) atoms. The first-order chi connectivity index (χ1) is 15.2. The first-order valence-electron chi connectivity index (χ1n) is 11.2. The van der Waals surface area contributed by atoms with Crippen LogP contribution in [0.25, 0.3) is 0 Å². The standard InChI is InChI=1S/C27H28N2O2/c1-2-31-27(30)28-21-17-24-22(19-9-5-3-6-10-19)13-15-29-16-14-23(25(18-21)26(24)29)20-11-7-4-8-12-20/h3-12,17-18,22-23H,2,13-16H2,1H3,(H,28,30)/t22-,23-/m0/s1. The number of carbonyl (C=O) groups is 1. The minimum Gasteiger partial charge on any atom is -0.450 e. The highest BCUT2D eigenvalue weighted by Gasteiger charge is 2.35. The number of ether oxygens (including phenoxy) is 1. The van der Waals surface area contributed by atoms with Gasteiger partial charge in [-0.05, 0) is 54.2 Å². The van der Waals surface area contributed by atoms with Crippen molar-refractivity contribution in [1.29, 1.82) is 0 Å². The van der Waals surface area contributed by atoms with Crippen molar-refractivity contribution in [3.63, 3.8) is 0 Å². The third-order valence-corrected chi connectivity index (χ3v) is 6.54. The van der Waals surface area contributed by atoms with Gasteiger partial charge in [0.2, 0.25) is 0 Å². The van der Waals surface area contributed by atoms with Crippen LogP contribution in [0.4, 0.5) is 16.2 Å². The first kappa shape index (κ1) is 19.7. The highest BCUT2D eigenvalue weighted by atomic mass is 16.5. The molecule has 2 atom stereocenters. The summed E-state index contributed by atoms with van der Waals surface area (Å²) in [5.74, 6) is 0.648. The van der Waals surface area contributed by atoms with Crippen molar-refractivity contribution in [2.24, 2.45) is 0 Å². The Hall–Kier alpha value is -3.27. The second-order valence-corrected chi connectivity index (χ2v) is 8.34. The van der Waals surface area contributed by atoms with E-state index in [2.05, 4.69) is 83.0 Å². The number of anilines is 2. The number of hydrogen-bond donors (Lipinski definition) is 1. The van der Waals surface area contributed by atoms with Crippen molar-refractivity contribution in [3.8, 4) is 0 Å². The molecule has 0 spiro atoms. The smallest absolute Gasteiger partial charge is 0.411 e. The van der Waals surface area contributed by atoms with E-state index in [1.165, 1.54) is 27.9 Å². The molecule has 158 valence electrons. The number of rotatable bonds is 4. The van der Waals surface area contributed by atoms with E-state index in [0.717, 1.165) is 31.6 Å². The van der Waals surface area contributed by atoms with Crippen molar-refractivity contribution in [3.05, 3.63) is 95.1 Å². The van der Waals surface area contributed by atoms with Gasteiger partial charge in [0.1, 0.15) is 0 Å². The topological polar surface area (TPSA) is 41.6 Å². The maximum atomic E-state index is 12.2. The van der Waals surface area contributed by atoms with E-state index >= 15 is 0 Å². The highest BCUT2D eigenvalue weighted by molar-refractivity contribution is 5.86. The summed E-state index contributed by atoms with van der Waals surface area (Å²) in [6.45, 7) is 4.30. The number of hydrogen-bond acceptors (Lipinski definition) is 3. The molecule has 0 fully saturated rings. The Bertz CT molecular complexity index is 993. The largest absolute Gasteiger partial charge is 0.450 e. The van der Waals surface area contributed by atoms with Gasteiger partial charge in [-0.2, -0.15) is 0 Å².